The zero-order valence-electron chi connectivity index (χ0n) is 12.4. The average molecular weight is 246 g/mol. The zero-order valence-corrected chi connectivity index (χ0v) is 12.4. The third kappa shape index (κ3) is 3.24. The van der Waals surface area contributed by atoms with E-state index in [1.165, 1.54) is 24.8 Å². The van der Waals surface area contributed by atoms with Gasteiger partial charge in [0.1, 0.15) is 5.82 Å². The fourth-order valence-electron chi connectivity index (χ4n) is 3.78. The molecule has 1 fully saturated rings. The van der Waals surface area contributed by atoms with Gasteiger partial charge in [0.15, 0.2) is 0 Å². The van der Waals surface area contributed by atoms with Crippen molar-refractivity contribution >= 4 is 5.82 Å². The van der Waals surface area contributed by atoms with E-state index in [0.29, 0.717) is 16.9 Å². The Hall–Kier alpha value is -1.05. The van der Waals surface area contributed by atoms with Crippen molar-refractivity contribution < 1.29 is 0 Å². The molecule has 1 aliphatic carbocycles. The molecule has 1 aromatic rings. The van der Waals surface area contributed by atoms with Crippen LogP contribution in [0, 0.1) is 17.8 Å². The van der Waals surface area contributed by atoms with Crippen LogP contribution in [0.15, 0.2) is 18.3 Å². The summed E-state index contributed by atoms with van der Waals surface area (Å²) in [6.45, 7) is 11.7. The lowest BCUT2D eigenvalue weighted by Gasteiger charge is -2.45. The number of nitrogens with one attached hydrogen (secondary N) is 1. The summed E-state index contributed by atoms with van der Waals surface area (Å²) >= 11 is 0. The minimum Gasteiger partial charge on any atom is -0.367 e. The molecule has 2 nitrogen and oxygen atoms in total. The summed E-state index contributed by atoms with van der Waals surface area (Å²) in [5.74, 6) is 1.05. The van der Waals surface area contributed by atoms with Crippen molar-refractivity contribution in [3.05, 3.63) is 23.9 Å². The van der Waals surface area contributed by atoms with Crippen LogP contribution < -0.4 is 5.32 Å². The maximum absolute atomic E-state index is 4.46. The van der Waals surface area contributed by atoms with Gasteiger partial charge in [-0.1, -0.05) is 33.8 Å². The highest BCUT2D eigenvalue weighted by Gasteiger charge is 2.38. The highest BCUT2D eigenvalue weighted by atomic mass is 15.0. The van der Waals surface area contributed by atoms with Crippen LogP contribution in [0.3, 0.4) is 0 Å². The fourth-order valence-corrected chi connectivity index (χ4v) is 3.78. The van der Waals surface area contributed by atoms with Crippen LogP contribution in [0.4, 0.5) is 5.82 Å². The molecule has 0 saturated heterocycles. The molecule has 2 heteroatoms. The molecule has 1 aliphatic rings. The third-order valence-corrected chi connectivity index (χ3v) is 3.91. The summed E-state index contributed by atoms with van der Waals surface area (Å²) in [5, 5.41) is 3.65. The Labute approximate surface area is 111 Å². The van der Waals surface area contributed by atoms with Crippen molar-refractivity contribution in [1.82, 2.24) is 4.98 Å². The summed E-state index contributed by atoms with van der Waals surface area (Å²) in [6, 6.07) is 4.65. The van der Waals surface area contributed by atoms with Crippen LogP contribution >= 0.6 is 0 Å². The normalized spacial score (nSPS) is 22.7. The molecule has 2 rings (SSSR count). The van der Waals surface area contributed by atoms with Gasteiger partial charge in [-0.3, -0.25) is 0 Å². The van der Waals surface area contributed by atoms with Gasteiger partial charge < -0.3 is 5.32 Å². The molecule has 1 heterocycles. The van der Waals surface area contributed by atoms with E-state index in [4.69, 9.17) is 0 Å². The first-order valence-electron chi connectivity index (χ1n) is 6.96. The largest absolute Gasteiger partial charge is 0.367 e. The van der Waals surface area contributed by atoms with E-state index in [9.17, 15) is 0 Å². The molecular formula is C16H26N2. The monoisotopic (exact) mass is 246 g/mol. The SMILES string of the molecule is Cc1cccnc1NC1CC(C)(C)CC(C)(C)C1. The third-order valence-electron chi connectivity index (χ3n) is 3.91. The van der Waals surface area contributed by atoms with Crippen LogP contribution in [-0.4, -0.2) is 11.0 Å². The first-order valence-corrected chi connectivity index (χ1v) is 6.96. The fraction of sp³-hybridized carbons (Fsp3) is 0.688. The Bertz CT molecular complexity index is 405. The van der Waals surface area contributed by atoms with Gasteiger partial charge in [0.05, 0.1) is 0 Å². The second-order valence-electron chi connectivity index (χ2n) is 7.42. The topological polar surface area (TPSA) is 24.9 Å². The van der Waals surface area contributed by atoms with Gasteiger partial charge in [-0.15, -0.1) is 0 Å². The molecule has 1 saturated carbocycles. The van der Waals surface area contributed by atoms with Gasteiger partial charge in [-0.2, -0.15) is 0 Å². The highest BCUT2D eigenvalue weighted by molar-refractivity contribution is 5.43. The second kappa shape index (κ2) is 4.56. The van der Waals surface area contributed by atoms with Gasteiger partial charge in [0, 0.05) is 12.2 Å². The summed E-state index contributed by atoms with van der Waals surface area (Å²) < 4.78 is 0. The van der Waals surface area contributed by atoms with Crippen molar-refractivity contribution in [2.45, 2.75) is 59.9 Å². The molecule has 0 bridgehead atoms. The van der Waals surface area contributed by atoms with E-state index >= 15 is 0 Å². The molecule has 0 radical (unpaired) electrons. The van der Waals surface area contributed by atoms with Crippen LogP contribution in [0.25, 0.3) is 0 Å². The number of aromatic nitrogens is 1. The molecule has 100 valence electrons. The van der Waals surface area contributed by atoms with Crippen LogP contribution in [0.5, 0.6) is 0 Å². The number of pyridine rings is 1. The molecule has 1 aromatic heterocycles. The van der Waals surface area contributed by atoms with Crippen molar-refractivity contribution in [3.8, 4) is 0 Å². The second-order valence-corrected chi connectivity index (χ2v) is 7.42. The number of nitrogens with zero attached hydrogens (tertiary/aromatic N) is 1. The first-order chi connectivity index (χ1) is 8.27. The lowest BCUT2D eigenvalue weighted by atomic mass is 9.63. The lowest BCUT2D eigenvalue weighted by Crippen LogP contribution is -2.40. The predicted molar refractivity (Wildman–Crippen MR) is 77.8 cm³/mol. The Morgan fingerprint density at radius 1 is 1.17 bits per heavy atom. The Morgan fingerprint density at radius 3 is 2.33 bits per heavy atom. The van der Waals surface area contributed by atoms with Crippen molar-refractivity contribution in [2.24, 2.45) is 10.8 Å². The van der Waals surface area contributed by atoms with Crippen LogP contribution in [0.1, 0.15) is 52.5 Å². The Morgan fingerprint density at radius 2 is 1.78 bits per heavy atom. The van der Waals surface area contributed by atoms with E-state index < -0.39 is 0 Å². The van der Waals surface area contributed by atoms with E-state index in [1.54, 1.807) is 0 Å². The van der Waals surface area contributed by atoms with Gasteiger partial charge in [0.25, 0.3) is 0 Å². The van der Waals surface area contributed by atoms with Gasteiger partial charge in [-0.25, -0.2) is 4.98 Å². The van der Waals surface area contributed by atoms with E-state index in [1.807, 2.05) is 12.3 Å². The molecule has 0 unspecified atom stereocenters. The number of rotatable bonds is 2. The molecule has 0 amide bonds. The first kappa shape index (κ1) is 13.4. The van der Waals surface area contributed by atoms with E-state index in [0.717, 1.165) is 5.82 Å². The summed E-state index contributed by atoms with van der Waals surface area (Å²) in [5.41, 5.74) is 2.07. The van der Waals surface area contributed by atoms with Crippen molar-refractivity contribution in [1.29, 1.82) is 0 Å². The number of anilines is 1. The summed E-state index contributed by atoms with van der Waals surface area (Å²) in [4.78, 5) is 4.46. The Kier molecular flexibility index (Phi) is 3.39. The highest BCUT2D eigenvalue weighted by Crippen LogP contribution is 2.46. The maximum atomic E-state index is 4.46. The molecule has 1 N–H and O–H groups in total. The number of hydrogen-bond acceptors (Lipinski definition) is 2. The maximum Gasteiger partial charge on any atom is 0.129 e. The van der Waals surface area contributed by atoms with Crippen molar-refractivity contribution in [2.75, 3.05) is 5.32 Å². The van der Waals surface area contributed by atoms with E-state index in [2.05, 4.69) is 51.0 Å². The quantitative estimate of drug-likeness (QED) is 0.836. The molecular weight excluding hydrogens is 220 g/mol. The predicted octanol–water partition coefficient (Wildman–Crippen LogP) is 4.41. The minimum absolute atomic E-state index is 0.419. The standard InChI is InChI=1S/C16H26N2/c1-12-7-6-8-17-14(12)18-13-9-15(2,3)11-16(4,5)10-13/h6-8,13H,9-11H2,1-5H3,(H,17,18). The smallest absolute Gasteiger partial charge is 0.129 e. The van der Waals surface area contributed by atoms with Gasteiger partial charge in [-0.05, 0) is 48.6 Å². The van der Waals surface area contributed by atoms with E-state index in [-0.39, 0.29) is 0 Å². The molecule has 0 atom stereocenters. The van der Waals surface area contributed by atoms with Gasteiger partial charge in [0.2, 0.25) is 0 Å². The molecule has 0 aromatic carbocycles. The molecule has 0 aliphatic heterocycles. The number of aryl methyl sites for hydroxylation is 1. The molecule has 0 spiro atoms. The van der Waals surface area contributed by atoms with Gasteiger partial charge >= 0.3 is 0 Å². The average Bonchev–Trinajstić information content (AvgIpc) is 2.16. The van der Waals surface area contributed by atoms with Crippen LogP contribution in [-0.2, 0) is 0 Å². The van der Waals surface area contributed by atoms with Crippen molar-refractivity contribution in [3.63, 3.8) is 0 Å². The lowest BCUT2D eigenvalue weighted by molar-refractivity contribution is 0.105. The summed E-state index contributed by atoms with van der Waals surface area (Å²) in [6.07, 6.45) is 5.63. The number of hydrogen-bond donors (Lipinski definition) is 1. The Balaban J connectivity index is 2.12. The summed E-state index contributed by atoms with van der Waals surface area (Å²) in [7, 11) is 0. The molecule has 18 heavy (non-hydrogen) atoms. The van der Waals surface area contributed by atoms with Crippen LogP contribution in [0.2, 0.25) is 0 Å². The zero-order chi connectivity index (χ0) is 13.4. The minimum atomic E-state index is 0.419.